The molecule has 1 fully saturated rings. The summed E-state index contributed by atoms with van der Waals surface area (Å²) in [4.78, 5) is 18.5. The summed E-state index contributed by atoms with van der Waals surface area (Å²) in [5, 5.41) is 10.6. The fraction of sp³-hybridized carbons (Fsp3) is 0.611. The van der Waals surface area contributed by atoms with E-state index in [1.165, 1.54) is 16.4 Å². The molecule has 1 aromatic heterocycles. The summed E-state index contributed by atoms with van der Waals surface area (Å²) in [6, 6.07) is 4.63. The first-order valence-corrected chi connectivity index (χ1v) is 11.0. The van der Waals surface area contributed by atoms with Gasteiger partial charge in [0, 0.05) is 19.6 Å². The molecule has 0 saturated carbocycles. The molecule has 1 aliphatic heterocycles. The lowest BCUT2D eigenvalue weighted by Gasteiger charge is -2.30. The number of benzene rings is 1. The molecule has 2 heterocycles. The Balaban J connectivity index is 1.77. The van der Waals surface area contributed by atoms with Gasteiger partial charge < -0.3 is 10.2 Å². The second-order valence-electron chi connectivity index (χ2n) is 7.69. The standard InChI is InChI=1S/C18H27N5O4S/c1-13(2)10-19-18(24)12-27-23-17-9-15(6-7-16(17)20-21-23)28(25,26)22-8-4-5-14(3)11-22/h6-7,9,13-14H,4-5,8,10-12H2,1-3H3,(H,19,24)/t14-/m1/s1. The maximum atomic E-state index is 13.0. The number of sulfonamides is 1. The van der Waals surface area contributed by atoms with Crippen molar-refractivity contribution in [3.05, 3.63) is 18.2 Å². The summed E-state index contributed by atoms with van der Waals surface area (Å²) in [5.74, 6) is 0.400. The summed E-state index contributed by atoms with van der Waals surface area (Å²) in [6.07, 6.45) is 1.89. The maximum Gasteiger partial charge on any atom is 0.260 e. The fourth-order valence-electron chi connectivity index (χ4n) is 3.14. The van der Waals surface area contributed by atoms with Gasteiger partial charge in [-0.15, -0.1) is 5.10 Å². The highest BCUT2D eigenvalue weighted by molar-refractivity contribution is 7.89. The van der Waals surface area contributed by atoms with Crippen molar-refractivity contribution in [1.29, 1.82) is 0 Å². The highest BCUT2D eigenvalue weighted by Gasteiger charge is 2.29. The Morgan fingerprint density at radius 2 is 2.18 bits per heavy atom. The van der Waals surface area contributed by atoms with Crippen LogP contribution in [0.25, 0.3) is 11.0 Å². The number of hydrogen-bond acceptors (Lipinski definition) is 6. The number of amides is 1. The summed E-state index contributed by atoms with van der Waals surface area (Å²) >= 11 is 0. The molecule has 9 nitrogen and oxygen atoms in total. The van der Waals surface area contributed by atoms with E-state index in [0.717, 1.165) is 17.7 Å². The predicted molar refractivity (Wildman–Crippen MR) is 104 cm³/mol. The van der Waals surface area contributed by atoms with E-state index in [-0.39, 0.29) is 17.4 Å². The van der Waals surface area contributed by atoms with Gasteiger partial charge in [-0.3, -0.25) is 4.79 Å². The van der Waals surface area contributed by atoms with Crippen LogP contribution in [-0.2, 0) is 14.8 Å². The molecule has 10 heteroatoms. The van der Waals surface area contributed by atoms with Gasteiger partial charge in [0.15, 0.2) is 6.61 Å². The van der Waals surface area contributed by atoms with Crippen LogP contribution in [0.4, 0.5) is 0 Å². The largest absolute Gasteiger partial charge is 0.385 e. The van der Waals surface area contributed by atoms with Crippen molar-refractivity contribution in [2.45, 2.75) is 38.5 Å². The van der Waals surface area contributed by atoms with Crippen molar-refractivity contribution in [1.82, 2.24) is 24.8 Å². The molecule has 154 valence electrons. The fourth-order valence-corrected chi connectivity index (χ4v) is 4.76. The van der Waals surface area contributed by atoms with Gasteiger partial charge in [0.25, 0.3) is 5.91 Å². The van der Waals surface area contributed by atoms with Crippen LogP contribution in [0.5, 0.6) is 0 Å². The second kappa shape index (κ2) is 8.44. The smallest absolute Gasteiger partial charge is 0.260 e. The Morgan fingerprint density at radius 1 is 1.39 bits per heavy atom. The Morgan fingerprint density at radius 3 is 2.89 bits per heavy atom. The molecule has 3 rings (SSSR count). The SMILES string of the molecule is CC(C)CNC(=O)COn1nnc2ccc(S(=O)(=O)N3CCC[C@@H](C)C3)cc21. The Bertz CT molecular complexity index is 941. The molecule has 0 aliphatic carbocycles. The van der Waals surface area contributed by atoms with Crippen LogP contribution in [0.1, 0.15) is 33.6 Å². The predicted octanol–water partition coefficient (Wildman–Crippen LogP) is 1.05. The number of carbonyl (C=O) groups excluding carboxylic acids is 1. The third kappa shape index (κ3) is 4.61. The van der Waals surface area contributed by atoms with Gasteiger partial charge in [0.2, 0.25) is 10.0 Å². The van der Waals surface area contributed by atoms with E-state index in [9.17, 15) is 13.2 Å². The minimum atomic E-state index is -3.60. The lowest BCUT2D eigenvalue weighted by molar-refractivity contribution is -0.126. The molecule has 1 N–H and O–H groups in total. The van der Waals surface area contributed by atoms with Crippen LogP contribution in [0.15, 0.2) is 23.1 Å². The molecule has 1 aliphatic rings. The van der Waals surface area contributed by atoms with E-state index in [2.05, 4.69) is 22.6 Å². The molecule has 1 amide bonds. The van der Waals surface area contributed by atoms with Crippen LogP contribution in [0.3, 0.4) is 0 Å². The van der Waals surface area contributed by atoms with Gasteiger partial charge in [-0.05, 0) is 48.1 Å². The number of aromatic nitrogens is 3. The molecule has 1 aromatic carbocycles. The second-order valence-corrected chi connectivity index (χ2v) is 9.63. The molecule has 28 heavy (non-hydrogen) atoms. The summed E-state index contributed by atoms with van der Waals surface area (Å²) in [5.41, 5.74) is 0.899. The van der Waals surface area contributed by atoms with Gasteiger partial charge in [-0.2, -0.15) is 4.31 Å². The molecular formula is C18H27N5O4S. The number of hydrogen-bond donors (Lipinski definition) is 1. The lowest BCUT2D eigenvalue weighted by atomic mass is 10.0. The van der Waals surface area contributed by atoms with Crippen molar-refractivity contribution < 1.29 is 18.0 Å². The van der Waals surface area contributed by atoms with Crippen LogP contribution in [-0.4, -0.2) is 60.0 Å². The minimum Gasteiger partial charge on any atom is -0.385 e. The lowest BCUT2D eigenvalue weighted by Crippen LogP contribution is -2.39. The van der Waals surface area contributed by atoms with E-state index in [1.807, 2.05) is 13.8 Å². The van der Waals surface area contributed by atoms with Crippen LogP contribution in [0, 0.1) is 11.8 Å². The molecule has 1 atom stereocenters. The molecule has 0 unspecified atom stereocenters. The van der Waals surface area contributed by atoms with Gasteiger partial charge in [-0.1, -0.05) is 25.6 Å². The van der Waals surface area contributed by atoms with E-state index in [4.69, 9.17) is 4.84 Å². The van der Waals surface area contributed by atoms with E-state index >= 15 is 0 Å². The zero-order valence-electron chi connectivity index (χ0n) is 16.5. The van der Waals surface area contributed by atoms with Crippen LogP contribution >= 0.6 is 0 Å². The number of nitrogens with zero attached hydrogens (tertiary/aromatic N) is 4. The van der Waals surface area contributed by atoms with Gasteiger partial charge in [0.05, 0.1) is 4.90 Å². The number of nitrogens with one attached hydrogen (secondary N) is 1. The maximum absolute atomic E-state index is 13.0. The van der Waals surface area contributed by atoms with Crippen molar-refractivity contribution >= 4 is 27.0 Å². The summed E-state index contributed by atoms with van der Waals surface area (Å²) in [7, 11) is -3.60. The highest BCUT2D eigenvalue weighted by atomic mass is 32.2. The molecular weight excluding hydrogens is 382 g/mol. The number of fused-ring (bicyclic) bond motifs is 1. The summed E-state index contributed by atoms with van der Waals surface area (Å²) < 4.78 is 27.5. The van der Waals surface area contributed by atoms with Crippen LogP contribution in [0.2, 0.25) is 0 Å². The van der Waals surface area contributed by atoms with Gasteiger partial charge in [-0.25, -0.2) is 8.42 Å². The van der Waals surface area contributed by atoms with E-state index in [0.29, 0.717) is 42.5 Å². The number of carbonyl (C=O) groups is 1. The van der Waals surface area contributed by atoms with Crippen molar-refractivity contribution in [3.8, 4) is 0 Å². The van der Waals surface area contributed by atoms with Crippen molar-refractivity contribution in [3.63, 3.8) is 0 Å². The average Bonchev–Trinajstić information content (AvgIpc) is 3.07. The highest BCUT2D eigenvalue weighted by Crippen LogP contribution is 2.25. The molecule has 2 aromatic rings. The Hall–Kier alpha value is -2.20. The first-order valence-electron chi connectivity index (χ1n) is 9.53. The van der Waals surface area contributed by atoms with Crippen LogP contribution < -0.4 is 10.2 Å². The Kier molecular flexibility index (Phi) is 6.19. The van der Waals surface area contributed by atoms with Crippen molar-refractivity contribution in [2.24, 2.45) is 11.8 Å². The number of rotatable bonds is 7. The third-order valence-electron chi connectivity index (χ3n) is 4.67. The zero-order chi connectivity index (χ0) is 20.3. The third-order valence-corrected chi connectivity index (χ3v) is 6.53. The molecule has 1 saturated heterocycles. The summed E-state index contributed by atoms with van der Waals surface area (Å²) in [6.45, 7) is 7.41. The zero-order valence-corrected chi connectivity index (χ0v) is 17.3. The minimum absolute atomic E-state index is 0.172. The van der Waals surface area contributed by atoms with E-state index < -0.39 is 10.0 Å². The van der Waals surface area contributed by atoms with Gasteiger partial charge in [0.1, 0.15) is 11.0 Å². The van der Waals surface area contributed by atoms with E-state index in [1.54, 1.807) is 6.07 Å². The first kappa shape index (κ1) is 20.5. The average molecular weight is 410 g/mol. The molecule has 0 radical (unpaired) electrons. The normalized spacial score (nSPS) is 18.5. The Labute approximate surface area is 165 Å². The topological polar surface area (TPSA) is 106 Å². The molecule has 0 spiro atoms. The monoisotopic (exact) mass is 409 g/mol. The quantitative estimate of drug-likeness (QED) is 0.733. The molecule has 0 bridgehead atoms. The first-order chi connectivity index (χ1) is 13.3. The van der Waals surface area contributed by atoms with Crippen molar-refractivity contribution in [2.75, 3.05) is 26.2 Å². The van der Waals surface area contributed by atoms with Gasteiger partial charge >= 0.3 is 0 Å². The number of piperidine rings is 1.